The quantitative estimate of drug-likeness (QED) is 0.500. The van der Waals surface area contributed by atoms with Crippen molar-refractivity contribution in [3.05, 3.63) is 33.0 Å². The van der Waals surface area contributed by atoms with Crippen LogP contribution in [0.2, 0.25) is 0 Å². The van der Waals surface area contributed by atoms with Crippen LogP contribution in [0, 0.1) is 11.8 Å². The van der Waals surface area contributed by atoms with E-state index < -0.39 is 11.2 Å². The number of carbonyl (C=O) groups is 1. The Hall–Kier alpha value is -2.35. The maximum Gasteiger partial charge on any atom is 0.330 e. The minimum Gasteiger partial charge on any atom is -0.385 e. The van der Waals surface area contributed by atoms with Crippen LogP contribution in [0.4, 0.5) is 11.5 Å². The van der Waals surface area contributed by atoms with E-state index in [1.807, 2.05) is 19.9 Å². The number of aromatic amines is 1. The van der Waals surface area contributed by atoms with Crippen molar-refractivity contribution >= 4 is 17.4 Å². The second-order valence-electron chi connectivity index (χ2n) is 7.36. The highest BCUT2D eigenvalue weighted by Gasteiger charge is 2.26. The van der Waals surface area contributed by atoms with Gasteiger partial charge in [0.2, 0.25) is 5.91 Å². The lowest BCUT2D eigenvalue weighted by Gasteiger charge is -2.25. The van der Waals surface area contributed by atoms with Gasteiger partial charge in [0, 0.05) is 33.2 Å². The monoisotopic (exact) mass is 378 g/mol. The molecule has 1 aliphatic rings. The molecule has 0 fully saturated rings. The first-order valence-corrected chi connectivity index (χ1v) is 9.43. The molecule has 8 nitrogen and oxygen atoms in total. The zero-order valence-electron chi connectivity index (χ0n) is 16.4. The predicted molar refractivity (Wildman–Crippen MR) is 106 cm³/mol. The lowest BCUT2D eigenvalue weighted by molar-refractivity contribution is -0.119. The second-order valence-corrected chi connectivity index (χ2v) is 7.36. The number of nitrogens with zero attached hydrogens (tertiary/aromatic N) is 2. The first-order valence-electron chi connectivity index (χ1n) is 9.43. The summed E-state index contributed by atoms with van der Waals surface area (Å²) in [5, 5.41) is 0. The molecule has 1 unspecified atom stereocenters. The highest BCUT2D eigenvalue weighted by molar-refractivity contribution is 5.95. The first-order chi connectivity index (χ1) is 12.8. The minimum absolute atomic E-state index is 0.0326. The van der Waals surface area contributed by atoms with Crippen LogP contribution in [0.25, 0.3) is 0 Å². The van der Waals surface area contributed by atoms with Gasteiger partial charge in [-0.3, -0.25) is 19.1 Å². The molecule has 1 aromatic heterocycles. The Balaban J connectivity index is 2.40. The van der Waals surface area contributed by atoms with E-state index in [4.69, 9.17) is 10.5 Å². The van der Waals surface area contributed by atoms with Gasteiger partial charge in [0.25, 0.3) is 5.56 Å². The van der Waals surface area contributed by atoms with Gasteiger partial charge in [-0.2, -0.15) is 0 Å². The van der Waals surface area contributed by atoms with Crippen molar-refractivity contribution in [2.75, 3.05) is 30.9 Å². The molecule has 0 saturated carbocycles. The molecule has 0 saturated heterocycles. The number of nitrogens with one attached hydrogen (secondary N) is 1. The van der Waals surface area contributed by atoms with E-state index in [9.17, 15) is 14.4 Å². The van der Waals surface area contributed by atoms with Crippen molar-refractivity contribution in [1.29, 1.82) is 0 Å². The van der Waals surface area contributed by atoms with Gasteiger partial charge in [-0.15, -0.1) is 0 Å². The molecule has 2 rings (SSSR count). The van der Waals surface area contributed by atoms with Crippen LogP contribution in [-0.4, -0.2) is 35.7 Å². The Morgan fingerprint density at radius 2 is 2.19 bits per heavy atom. The number of methoxy groups -OCH3 is 1. The average Bonchev–Trinajstić information content (AvgIpc) is 3.10. The molecule has 1 aromatic rings. The Morgan fingerprint density at radius 3 is 2.78 bits per heavy atom. The summed E-state index contributed by atoms with van der Waals surface area (Å²) >= 11 is 0. The van der Waals surface area contributed by atoms with Crippen molar-refractivity contribution in [1.82, 2.24) is 9.55 Å². The fraction of sp³-hybridized carbons (Fsp3) is 0.632. The van der Waals surface area contributed by atoms with E-state index in [-0.39, 0.29) is 29.2 Å². The molecule has 1 aliphatic carbocycles. The summed E-state index contributed by atoms with van der Waals surface area (Å²) in [6.07, 6.45) is 6.87. The fourth-order valence-electron chi connectivity index (χ4n) is 3.31. The van der Waals surface area contributed by atoms with Crippen molar-refractivity contribution in [2.45, 2.75) is 46.1 Å². The number of amides is 1. The summed E-state index contributed by atoms with van der Waals surface area (Å²) in [6, 6.07) is 0. The molecular formula is C19H30N4O4. The molecule has 0 bridgehead atoms. The topological polar surface area (TPSA) is 110 Å². The molecule has 0 spiro atoms. The first kappa shape index (κ1) is 21.0. The molecule has 0 radical (unpaired) electrons. The lowest BCUT2D eigenvalue weighted by Crippen LogP contribution is -2.42. The molecule has 150 valence electrons. The van der Waals surface area contributed by atoms with E-state index >= 15 is 0 Å². The molecule has 27 heavy (non-hydrogen) atoms. The second kappa shape index (κ2) is 9.55. The number of nitrogens with two attached hydrogens (primary N) is 1. The fourth-order valence-corrected chi connectivity index (χ4v) is 3.31. The summed E-state index contributed by atoms with van der Waals surface area (Å²) in [6.45, 7) is 5.02. The molecule has 8 heteroatoms. The Bertz CT molecular complexity index is 794. The van der Waals surface area contributed by atoms with Crippen LogP contribution in [0.3, 0.4) is 0 Å². The number of aromatic nitrogens is 2. The smallest absolute Gasteiger partial charge is 0.330 e. The third kappa shape index (κ3) is 5.32. The molecule has 3 N–H and O–H groups in total. The maximum absolute atomic E-state index is 13.0. The van der Waals surface area contributed by atoms with Gasteiger partial charge in [0.1, 0.15) is 5.82 Å². The number of ether oxygens (including phenoxy) is 1. The van der Waals surface area contributed by atoms with Crippen LogP contribution >= 0.6 is 0 Å². The van der Waals surface area contributed by atoms with E-state index in [1.165, 1.54) is 9.47 Å². The predicted octanol–water partition coefficient (Wildman–Crippen LogP) is 1.50. The van der Waals surface area contributed by atoms with Crippen LogP contribution in [0.5, 0.6) is 0 Å². The van der Waals surface area contributed by atoms with Crippen molar-refractivity contribution in [3.63, 3.8) is 0 Å². The molecular weight excluding hydrogens is 348 g/mol. The van der Waals surface area contributed by atoms with Crippen LogP contribution in [0.1, 0.15) is 39.5 Å². The number of hydrogen-bond donors (Lipinski definition) is 2. The summed E-state index contributed by atoms with van der Waals surface area (Å²) in [5.41, 5.74) is 5.05. The lowest BCUT2D eigenvalue weighted by atomic mass is 10.0. The van der Waals surface area contributed by atoms with Gasteiger partial charge in [-0.25, -0.2) is 4.79 Å². The molecule has 0 aliphatic heterocycles. The van der Waals surface area contributed by atoms with Crippen molar-refractivity contribution in [2.24, 2.45) is 11.8 Å². The summed E-state index contributed by atoms with van der Waals surface area (Å²) in [7, 11) is 1.58. The zero-order valence-corrected chi connectivity index (χ0v) is 16.4. The number of H-pyrrole nitrogens is 1. The van der Waals surface area contributed by atoms with E-state index in [1.54, 1.807) is 7.11 Å². The van der Waals surface area contributed by atoms with Gasteiger partial charge in [-0.05, 0) is 31.1 Å². The number of rotatable bonds is 9. The van der Waals surface area contributed by atoms with E-state index in [0.29, 0.717) is 32.5 Å². The molecule has 1 atom stereocenters. The molecule has 0 aromatic carbocycles. The zero-order chi connectivity index (χ0) is 20.0. The van der Waals surface area contributed by atoms with Crippen LogP contribution < -0.4 is 21.9 Å². The Morgan fingerprint density at radius 1 is 1.44 bits per heavy atom. The van der Waals surface area contributed by atoms with Gasteiger partial charge in [0.05, 0.1) is 0 Å². The van der Waals surface area contributed by atoms with Crippen molar-refractivity contribution < 1.29 is 9.53 Å². The van der Waals surface area contributed by atoms with E-state index in [2.05, 4.69) is 11.1 Å². The highest BCUT2D eigenvalue weighted by atomic mass is 16.5. The highest BCUT2D eigenvalue weighted by Crippen LogP contribution is 2.24. The minimum atomic E-state index is -0.634. The number of allylic oxidation sites excluding steroid dienone is 2. The van der Waals surface area contributed by atoms with Crippen LogP contribution in [-0.2, 0) is 16.1 Å². The largest absolute Gasteiger partial charge is 0.385 e. The third-order valence-electron chi connectivity index (χ3n) is 4.61. The Kier molecular flexibility index (Phi) is 7.41. The molecule has 1 amide bonds. The molecule has 1 heterocycles. The van der Waals surface area contributed by atoms with Gasteiger partial charge >= 0.3 is 5.69 Å². The van der Waals surface area contributed by atoms with Gasteiger partial charge in [0.15, 0.2) is 5.69 Å². The summed E-state index contributed by atoms with van der Waals surface area (Å²) in [4.78, 5) is 41.4. The van der Waals surface area contributed by atoms with Gasteiger partial charge < -0.3 is 15.4 Å². The number of hydrogen-bond acceptors (Lipinski definition) is 5. The number of anilines is 2. The van der Waals surface area contributed by atoms with Gasteiger partial charge in [-0.1, -0.05) is 26.0 Å². The standard InChI is InChI=1S/C19H30N4O4/c1-13(2)12-23-17(20)16(18(25)21-19(23)26)22(9-6-10-27-3)15(24)11-14-7-4-5-8-14/h4,7,13-14H,5-6,8-12,20H2,1-3H3,(H,21,25,26). The summed E-state index contributed by atoms with van der Waals surface area (Å²) < 4.78 is 6.40. The third-order valence-corrected chi connectivity index (χ3v) is 4.61. The normalized spacial score (nSPS) is 16.2. The average molecular weight is 378 g/mol. The number of carbonyl (C=O) groups excluding carboxylic acids is 1. The Labute approximate surface area is 159 Å². The van der Waals surface area contributed by atoms with Crippen molar-refractivity contribution in [3.8, 4) is 0 Å². The van der Waals surface area contributed by atoms with E-state index in [0.717, 1.165) is 12.8 Å². The van der Waals surface area contributed by atoms with Crippen LogP contribution in [0.15, 0.2) is 21.7 Å². The SMILES string of the molecule is COCCCN(C(=O)CC1C=CCC1)c1c(N)n(CC(C)C)c(=O)[nH]c1=O. The number of nitrogen functional groups attached to an aromatic ring is 1. The summed E-state index contributed by atoms with van der Waals surface area (Å²) in [5.74, 6) is 0.189. The maximum atomic E-state index is 13.0.